The third kappa shape index (κ3) is 2.91. The molecule has 0 saturated heterocycles. The van der Waals surface area contributed by atoms with Crippen molar-refractivity contribution in [3.63, 3.8) is 0 Å². The van der Waals surface area contributed by atoms with Gasteiger partial charge < -0.3 is 10.1 Å². The molecule has 0 spiro atoms. The number of pyridine rings is 1. The number of ether oxygens (including phenoxy) is 1. The second-order valence-corrected chi connectivity index (χ2v) is 4.79. The van der Waals surface area contributed by atoms with E-state index in [9.17, 15) is 9.59 Å². The number of esters is 1. The highest BCUT2D eigenvalue weighted by atomic mass is 16.5. The zero-order valence-corrected chi connectivity index (χ0v) is 11.3. The second-order valence-electron chi connectivity index (χ2n) is 4.79. The quantitative estimate of drug-likeness (QED) is 0.866. The second kappa shape index (κ2) is 5.75. The summed E-state index contributed by atoms with van der Waals surface area (Å²) in [5, 5.41) is 2.74. The lowest BCUT2D eigenvalue weighted by Crippen LogP contribution is -2.41. The number of fused-ring (bicyclic) bond motifs is 1. The van der Waals surface area contributed by atoms with Crippen LogP contribution >= 0.6 is 0 Å². The highest BCUT2D eigenvalue weighted by Crippen LogP contribution is 2.20. The number of hydrogen-bond acceptors (Lipinski definition) is 4. The van der Waals surface area contributed by atoms with Crippen LogP contribution in [-0.2, 0) is 22.5 Å². The van der Waals surface area contributed by atoms with Crippen molar-refractivity contribution >= 4 is 11.9 Å². The van der Waals surface area contributed by atoms with Crippen molar-refractivity contribution in [2.75, 3.05) is 0 Å². The largest absolute Gasteiger partial charge is 0.448 e. The van der Waals surface area contributed by atoms with Gasteiger partial charge in [0.2, 0.25) is 0 Å². The van der Waals surface area contributed by atoms with Crippen LogP contribution < -0.4 is 5.32 Å². The van der Waals surface area contributed by atoms with Gasteiger partial charge in [-0.25, -0.2) is 4.79 Å². The summed E-state index contributed by atoms with van der Waals surface area (Å²) >= 11 is 0. The molecule has 1 aliphatic rings. The van der Waals surface area contributed by atoms with Gasteiger partial charge in [-0.3, -0.25) is 9.78 Å². The minimum absolute atomic E-state index is 0.302. The first-order valence-corrected chi connectivity index (χ1v) is 6.70. The van der Waals surface area contributed by atoms with Gasteiger partial charge in [-0.05, 0) is 23.8 Å². The van der Waals surface area contributed by atoms with Crippen molar-refractivity contribution < 1.29 is 14.3 Å². The first kappa shape index (κ1) is 13.3. The van der Waals surface area contributed by atoms with E-state index in [1.807, 2.05) is 30.3 Å². The van der Waals surface area contributed by atoms with Crippen molar-refractivity contribution in [1.29, 1.82) is 0 Å². The van der Waals surface area contributed by atoms with E-state index >= 15 is 0 Å². The summed E-state index contributed by atoms with van der Waals surface area (Å²) in [6.07, 6.45) is 1.28. The van der Waals surface area contributed by atoms with Crippen molar-refractivity contribution in [3.8, 4) is 0 Å². The van der Waals surface area contributed by atoms with Crippen LogP contribution in [-0.4, -0.2) is 23.0 Å². The number of aromatic nitrogens is 1. The molecule has 1 aromatic carbocycles. The molecule has 0 unspecified atom stereocenters. The molecule has 1 aliphatic heterocycles. The first-order chi connectivity index (χ1) is 10.2. The molecule has 5 nitrogen and oxygen atoms in total. The molecule has 1 aromatic heterocycles. The fourth-order valence-electron chi connectivity index (χ4n) is 2.27. The van der Waals surface area contributed by atoms with E-state index in [1.165, 1.54) is 0 Å². The standard InChI is InChI=1S/C16H14N2O3/c19-15(18-10-12-6-3-4-8-17-12)14-9-11-5-1-2-7-13(11)16(20)21-14/h1-8,14H,9-10H2,(H,18,19)/t14-/m0/s1. The molecule has 106 valence electrons. The topological polar surface area (TPSA) is 68.3 Å². The Balaban J connectivity index is 1.65. The summed E-state index contributed by atoms with van der Waals surface area (Å²) in [7, 11) is 0. The molecule has 0 radical (unpaired) electrons. The molecule has 1 atom stereocenters. The molecule has 0 aliphatic carbocycles. The Morgan fingerprint density at radius 3 is 2.86 bits per heavy atom. The lowest BCUT2D eigenvalue weighted by molar-refractivity contribution is -0.130. The van der Waals surface area contributed by atoms with Crippen LogP contribution in [0.1, 0.15) is 21.6 Å². The average Bonchev–Trinajstić information content (AvgIpc) is 2.53. The third-order valence-electron chi connectivity index (χ3n) is 3.35. The van der Waals surface area contributed by atoms with Gasteiger partial charge in [-0.15, -0.1) is 0 Å². The van der Waals surface area contributed by atoms with Gasteiger partial charge in [0.15, 0.2) is 6.10 Å². The molecule has 3 rings (SSSR count). The van der Waals surface area contributed by atoms with E-state index in [0.717, 1.165) is 11.3 Å². The highest BCUT2D eigenvalue weighted by molar-refractivity contribution is 5.95. The molecule has 2 aromatic rings. The number of benzene rings is 1. The summed E-state index contributed by atoms with van der Waals surface area (Å²) in [4.78, 5) is 28.1. The smallest absolute Gasteiger partial charge is 0.339 e. The zero-order valence-electron chi connectivity index (χ0n) is 11.3. The molecule has 5 heteroatoms. The van der Waals surface area contributed by atoms with Crippen molar-refractivity contribution in [3.05, 3.63) is 65.5 Å². The number of hydrogen-bond donors (Lipinski definition) is 1. The van der Waals surface area contributed by atoms with E-state index in [2.05, 4.69) is 10.3 Å². The van der Waals surface area contributed by atoms with E-state index in [0.29, 0.717) is 18.5 Å². The highest BCUT2D eigenvalue weighted by Gasteiger charge is 2.30. The first-order valence-electron chi connectivity index (χ1n) is 6.70. The summed E-state index contributed by atoms with van der Waals surface area (Å²) in [6, 6.07) is 12.7. The zero-order chi connectivity index (χ0) is 14.7. The Hall–Kier alpha value is -2.69. The van der Waals surface area contributed by atoms with Crippen LogP contribution in [0.2, 0.25) is 0 Å². The van der Waals surface area contributed by atoms with Gasteiger partial charge in [0.25, 0.3) is 5.91 Å². The predicted octanol–water partition coefficient (Wildman–Crippen LogP) is 1.48. The molecule has 2 heterocycles. The molecule has 21 heavy (non-hydrogen) atoms. The monoisotopic (exact) mass is 282 g/mol. The molecule has 1 N–H and O–H groups in total. The predicted molar refractivity (Wildman–Crippen MR) is 75.4 cm³/mol. The number of rotatable bonds is 3. The van der Waals surface area contributed by atoms with Crippen LogP contribution in [0.3, 0.4) is 0 Å². The maximum Gasteiger partial charge on any atom is 0.339 e. The van der Waals surface area contributed by atoms with E-state index in [1.54, 1.807) is 18.3 Å². The third-order valence-corrected chi connectivity index (χ3v) is 3.35. The summed E-state index contributed by atoms with van der Waals surface area (Å²) < 4.78 is 5.19. The normalized spacial score (nSPS) is 16.8. The number of nitrogens with zero attached hydrogens (tertiary/aromatic N) is 1. The van der Waals surface area contributed by atoms with Gasteiger partial charge >= 0.3 is 5.97 Å². The number of carbonyl (C=O) groups excluding carboxylic acids is 2. The Labute approximate surface area is 122 Å². The fourth-order valence-corrected chi connectivity index (χ4v) is 2.27. The Morgan fingerprint density at radius 1 is 1.24 bits per heavy atom. The molecular weight excluding hydrogens is 268 g/mol. The number of cyclic esters (lactones) is 1. The maximum atomic E-state index is 12.1. The molecule has 0 saturated carbocycles. The molecule has 0 fully saturated rings. The number of carbonyl (C=O) groups is 2. The Bertz CT molecular complexity index is 670. The fraction of sp³-hybridized carbons (Fsp3) is 0.188. The van der Waals surface area contributed by atoms with Crippen molar-refractivity contribution in [2.24, 2.45) is 0 Å². The summed E-state index contributed by atoms with van der Waals surface area (Å²) in [5.74, 6) is -0.752. The van der Waals surface area contributed by atoms with Gasteiger partial charge in [-0.2, -0.15) is 0 Å². The van der Waals surface area contributed by atoms with Crippen molar-refractivity contribution in [1.82, 2.24) is 10.3 Å². The molecule has 0 bridgehead atoms. The lowest BCUT2D eigenvalue weighted by Gasteiger charge is -2.23. The van der Waals surface area contributed by atoms with E-state index < -0.39 is 12.1 Å². The van der Waals surface area contributed by atoms with Crippen LogP contribution in [0.5, 0.6) is 0 Å². The Kier molecular flexibility index (Phi) is 3.64. The number of amides is 1. The SMILES string of the molecule is O=C1O[C@H](C(=O)NCc2ccccn2)Cc2ccccc21. The van der Waals surface area contributed by atoms with Gasteiger partial charge in [0, 0.05) is 12.6 Å². The van der Waals surface area contributed by atoms with Gasteiger partial charge in [-0.1, -0.05) is 24.3 Å². The summed E-state index contributed by atoms with van der Waals surface area (Å²) in [5.41, 5.74) is 2.13. The van der Waals surface area contributed by atoms with Crippen LogP contribution in [0.25, 0.3) is 0 Å². The molecular formula is C16H14N2O3. The lowest BCUT2D eigenvalue weighted by atomic mass is 9.98. The van der Waals surface area contributed by atoms with Crippen molar-refractivity contribution in [2.45, 2.75) is 19.1 Å². The minimum Gasteiger partial charge on any atom is -0.448 e. The molecule has 1 amide bonds. The number of nitrogens with one attached hydrogen (secondary N) is 1. The van der Waals surface area contributed by atoms with E-state index in [-0.39, 0.29) is 5.91 Å². The minimum atomic E-state index is -0.781. The van der Waals surface area contributed by atoms with Crippen LogP contribution in [0.4, 0.5) is 0 Å². The maximum absolute atomic E-state index is 12.1. The van der Waals surface area contributed by atoms with Crippen LogP contribution in [0, 0.1) is 0 Å². The van der Waals surface area contributed by atoms with Crippen LogP contribution in [0.15, 0.2) is 48.7 Å². The van der Waals surface area contributed by atoms with Gasteiger partial charge in [0.1, 0.15) is 0 Å². The Morgan fingerprint density at radius 2 is 2.05 bits per heavy atom. The van der Waals surface area contributed by atoms with Gasteiger partial charge in [0.05, 0.1) is 17.8 Å². The average molecular weight is 282 g/mol. The summed E-state index contributed by atoms with van der Waals surface area (Å²) in [6.45, 7) is 0.315. The van der Waals surface area contributed by atoms with E-state index in [4.69, 9.17) is 4.74 Å².